The Morgan fingerprint density at radius 2 is 1.69 bits per heavy atom. The molecule has 0 bridgehead atoms. The Morgan fingerprint density at radius 1 is 1.05 bits per heavy atom. The number of thiophene rings is 2. The van der Waals surface area contributed by atoms with E-state index >= 15 is 0 Å². The molecular weight excluding hydrogens is 536 g/mol. The maximum atomic E-state index is 13.2. The molecule has 3 heterocycles. The minimum atomic E-state index is -1.77. The number of likely N-dealkylation sites (tertiary alicyclic amines) is 1. The number of carboxylic acids is 1. The molecule has 2 N–H and O–H groups in total. The van der Waals surface area contributed by atoms with Gasteiger partial charge in [-0.2, -0.15) is 0 Å². The lowest BCUT2D eigenvalue weighted by Gasteiger charge is -2.51. The molecular formula is C29H32N2O6S2. The highest BCUT2D eigenvalue weighted by Crippen LogP contribution is 2.51. The molecule has 1 aliphatic heterocycles. The number of nitrogens with zero attached hydrogens (tertiary/aromatic N) is 2. The molecule has 1 amide bonds. The van der Waals surface area contributed by atoms with Gasteiger partial charge in [0.05, 0.1) is 15.3 Å². The van der Waals surface area contributed by atoms with Gasteiger partial charge >= 0.3 is 11.9 Å². The van der Waals surface area contributed by atoms with Crippen LogP contribution in [-0.4, -0.2) is 65.7 Å². The van der Waals surface area contributed by atoms with Crippen molar-refractivity contribution in [1.82, 2.24) is 4.90 Å². The van der Waals surface area contributed by atoms with Gasteiger partial charge in [0.1, 0.15) is 6.10 Å². The first kappa shape index (κ1) is 27.5. The fourth-order valence-corrected chi connectivity index (χ4v) is 7.30. The summed E-state index contributed by atoms with van der Waals surface area (Å²) in [7, 11) is 1.67. The summed E-state index contributed by atoms with van der Waals surface area (Å²) in [6, 6.07) is 13.6. The third-order valence-corrected chi connectivity index (χ3v) is 10.0. The molecule has 1 aromatic carbocycles. The minimum absolute atomic E-state index is 0.0579. The average molecular weight is 569 g/mol. The summed E-state index contributed by atoms with van der Waals surface area (Å²) in [6.07, 6.45) is 3.69. The van der Waals surface area contributed by atoms with Gasteiger partial charge < -0.3 is 24.7 Å². The van der Waals surface area contributed by atoms with Crippen molar-refractivity contribution in [3.05, 3.63) is 74.6 Å². The zero-order chi connectivity index (χ0) is 27.6. The number of carboxylic acid groups (broad SMARTS) is 1. The number of rotatable bonds is 9. The average Bonchev–Trinajstić information content (AvgIpc) is 3.66. The molecule has 0 radical (unpaired) electrons. The molecule has 0 atom stereocenters. The smallest absolute Gasteiger partial charge is 0.349 e. The van der Waals surface area contributed by atoms with E-state index in [4.69, 9.17) is 4.74 Å². The number of hydrogen-bond acceptors (Lipinski definition) is 8. The Balaban J connectivity index is 1.09. The van der Waals surface area contributed by atoms with Crippen molar-refractivity contribution >= 4 is 46.2 Å². The second-order valence-electron chi connectivity index (χ2n) is 10.5. The molecule has 2 fully saturated rings. The second kappa shape index (κ2) is 11.2. The van der Waals surface area contributed by atoms with E-state index < -0.39 is 17.5 Å². The Morgan fingerprint density at radius 3 is 2.26 bits per heavy atom. The lowest BCUT2D eigenvalue weighted by Crippen LogP contribution is -2.52. The van der Waals surface area contributed by atoms with E-state index in [1.54, 1.807) is 31.3 Å². The van der Waals surface area contributed by atoms with Gasteiger partial charge in [-0.3, -0.25) is 4.79 Å². The Kier molecular flexibility index (Phi) is 7.91. The standard InChI is InChI=1S/C29H32N2O6S2/c1-30(21-6-2-5-20(17-21)26(33)34)25(32)9-12-31-13-10-28(11-14-31)18-22(19-28)37-27(35)29(36,23-7-3-15-38-23)24-8-4-16-39-24/h2-8,15-17,22,36H,9-14,18-19H2,1H3,(H,33,34). The monoisotopic (exact) mass is 568 g/mol. The first-order valence-corrected chi connectivity index (χ1v) is 14.8. The van der Waals surface area contributed by atoms with Crippen LogP contribution in [0.25, 0.3) is 0 Å². The van der Waals surface area contributed by atoms with E-state index in [9.17, 15) is 24.6 Å². The molecule has 1 aliphatic carbocycles. The van der Waals surface area contributed by atoms with Crippen LogP contribution in [0.5, 0.6) is 0 Å². The molecule has 1 saturated heterocycles. The van der Waals surface area contributed by atoms with Gasteiger partial charge in [-0.05, 0) is 85.3 Å². The van der Waals surface area contributed by atoms with Crippen LogP contribution >= 0.6 is 22.7 Å². The SMILES string of the molecule is CN(C(=O)CCN1CCC2(CC1)CC(OC(=O)C(O)(c1cccs1)c1cccs1)C2)c1cccc(C(=O)O)c1. The molecule has 2 aromatic heterocycles. The number of amides is 1. The summed E-state index contributed by atoms with van der Waals surface area (Å²) in [5.41, 5.74) is -0.912. The molecule has 0 unspecified atom stereocenters. The molecule has 3 aromatic rings. The van der Waals surface area contributed by atoms with Crippen LogP contribution in [0.15, 0.2) is 59.3 Å². The molecule has 10 heteroatoms. The summed E-state index contributed by atoms with van der Waals surface area (Å²) >= 11 is 2.68. The third-order valence-electron chi connectivity index (χ3n) is 8.06. The van der Waals surface area contributed by atoms with Crippen molar-refractivity contribution in [2.75, 3.05) is 31.6 Å². The fraction of sp³-hybridized carbons (Fsp3) is 0.414. The van der Waals surface area contributed by atoms with Crippen LogP contribution in [0.3, 0.4) is 0 Å². The van der Waals surface area contributed by atoms with Gasteiger partial charge in [-0.15, -0.1) is 22.7 Å². The Labute approximate surface area is 235 Å². The van der Waals surface area contributed by atoms with Crippen molar-refractivity contribution in [2.24, 2.45) is 5.41 Å². The highest BCUT2D eigenvalue weighted by Gasteiger charge is 2.51. The van der Waals surface area contributed by atoms with Crippen molar-refractivity contribution in [3.8, 4) is 0 Å². The minimum Gasteiger partial charge on any atom is -0.478 e. The largest absolute Gasteiger partial charge is 0.478 e. The molecule has 1 saturated carbocycles. The van der Waals surface area contributed by atoms with Crippen molar-refractivity contribution in [2.45, 2.75) is 43.8 Å². The third kappa shape index (κ3) is 5.65. The summed E-state index contributed by atoms with van der Waals surface area (Å²) in [6.45, 7) is 2.39. The lowest BCUT2D eigenvalue weighted by molar-refractivity contribution is -0.181. The highest BCUT2D eigenvalue weighted by atomic mass is 32.1. The number of hydrogen-bond donors (Lipinski definition) is 2. The van der Waals surface area contributed by atoms with E-state index in [0.29, 0.717) is 28.4 Å². The van der Waals surface area contributed by atoms with Gasteiger partial charge in [0.25, 0.3) is 0 Å². The van der Waals surface area contributed by atoms with Crippen molar-refractivity contribution < 1.29 is 29.3 Å². The second-order valence-corrected chi connectivity index (χ2v) is 12.4. The first-order valence-electron chi connectivity index (χ1n) is 13.0. The number of aromatic carboxylic acids is 1. The number of esters is 1. The zero-order valence-electron chi connectivity index (χ0n) is 21.7. The molecule has 8 nitrogen and oxygen atoms in total. The number of carbonyl (C=O) groups excluding carboxylic acids is 2. The van der Waals surface area contributed by atoms with E-state index in [1.807, 2.05) is 22.9 Å². The maximum Gasteiger partial charge on any atom is 0.349 e. The number of aliphatic hydroxyl groups is 1. The van der Waals surface area contributed by atoms with Crippen LogP contribution in [0, 0.1) is 5.41 Å². The normalized spacial score (nSPS) is 17.5. The topological polar surface area (TPSA) is 107 Å². The van der Waals surface area contributed by atoms with Crippen molar-refractivity contribution in [3.63, 3.8) is 0 Å². The predicted molar refractivity (Wildman–Crippen MR) is 150 cm³/mol. The van der Waals surface area contributed by atoms with Crippen LogP contribution in [-0.2, 0) is 19.9 Å². The Bertz CT molecular complexity index is 1270. The van der Waals surface area contributed by atoms with Crippen LogP contribution < -0.4 is 4.90 Å². The molecule has 2 aliphatic rings. The number of carbonyl (C=O) groups is 3. The van der Waals surface area contributed by atoms with Gasteiger partial charge in [0.2, 0.25) is 11.5 Å². The maximum absolute atomic E-state index is 13.2. The van der Waals surface area contributed by atoms with E-state index in [-0.39, 0.29) is 23.0 Å². The fourth-order valence-electron chi connectivity index (χ4n) is 5.59. The summed E-state index contributed by atoms with van der Waals surface area (Å²) in [5.74, 6) is -1.69. The van der Waals surface area contributed by atoms with E-state index in [1.165, 1.54) is 39.7 Å². The number of benzene rings is 1. The van der Waals surface area contributed by atoms with Gasteiger partial charge in [0.15, 0.2) is 0 Å². The van der Waals surface area contributed by atoms with Crippen molar-refractivity contribution in [1.29, 1.82) is 0 Å². The summed E-state index contributed by atoms with van der Waals surface area (Å²) in [5, 5.41) is 24.3. The Hall–Kier alpha value is -3.05. The lowest BCUT2D eigenvalue weighted by atomic mass is 9.61. The first-order chi connectivity index (χ1) is 18.7. The molecule has 5 rings (SSSR count). The van der Waals surface area contributed by atoms with Gasteiger partial charge in [-0.1, -0.05) is 18.2 Å². The summed E-state index contributed by atoms with van der Waals surface area (Å²) in [4.78, 5) is 42.1. The van der Waals surface area contributed by atoms with E-state index in [0.717, 1.165) is 38.8 Å². The van der Waals surface area contributed by atoms with Crippen LogP contribution in [0.1, 0.15) is 52.2 Å². The van der Waals surface area contributed by atoms with Gasteiger partial charge in [0, 0.05) is 25.7 Å². The molecule has 39 heavy (non-hydrogen) atoms. The van der Waals surface area contributed by atoms with Crippen LogP contribution in [0.4, 0.5) is 5.69 Å². The quantitative estimate of drug-likeness (QED) is 0.364. The highest BCUT2D eigenvalue weighted by molar-refractivity contribution is 7.12. The predicted octanol–water partition coefficient (Wildman–Crippen LogP) is 4.58. The van der Waals surface area contributed by atoms with E-state index in [2.05, 4.69) is 4.90 Å². The van der Waals surface area contributed by atoms with Crippen LogP contribution in [0.2, 0.25) is 0 Å². The molecule has 206 valence electrons. The van der Waals surface area contributed by atoms with Gasteiger partial charge in [-0.25, -0.2) is 9.59 Å². The number of ether oxygens (including phenoxy) is 1. The zero-order valence-corrected chi connectivity index (χ0v) is 23.4. The summed E-state index contributed by atoms with van der Waals surface area (Å²) < 4.78 is 5.85. The number of anilines is 1. The number of piperidine rings is 1. The molecule has 1 spiro atoms.